The molecular weight excluding hydrogens is 218 g/mol. The Hall–Kier alpha value is -1.61. The summed E-state index contributed by atoms with van der Waals surface area (Å²) in [5, 5.41) is 2.04. The fourth-order valence-corrected chi connectivity index (χ4v) is 2.43. The third-order valence-corrected chi connectivity index (χ3v) is 3.43. The van der Waals surface area contributed by atoms with Gasteiger partial charge in [0, 0.05) is 0 Å². The van der Waals surface area contributed by atoms with Gasteiger partial charge in [0.25, 0.3) is 0 Å². The lowest BCUT2D eigenvalue weighted by molar-refractivity contribution is 0.320. The highest BCUT2D eigenvalue weighted by molar-refractivity contribution is 7.12. The largest absolute Gasteiger partial charge is 0.474 e. The van der Waals surface area contributed by atoms with Crippen LogP contribution < -0.4 is 0 Å². The van der Waals surface area contributed by atoms with Crippen LogP contribution in [0.3, 0.4) is 0 Å². The standard InChI is InChI=1S/C13H11NOS/c1-2-5-10(6-3-1)11-9-15-13(14-11)12-7-4-8-16-12/h1-8,11H,9H2/t11-/m1/s1. The Morgan fingerprint density at radius 3 is 2.75 bits per heavy atom. The van der Waals surface area contributed by atoms with Gasteiger partial charge in [-0.15, -0.1) is 11.3 Å². The molecule has 1 aromatic heterocycles. The fourth-order valence-electron chi connectivity index (χ4n) is 1.75. The van der Waals surface area contributed by atoms with E-state index in [1.54, 1.807) is 11.3 Å². The molecule has 0 aliphatic carbocycles. The van der Waals surface area contributed by atoms with E-state index in [4.69, 9.17) is 4.74 Å². The molecule has 0 saturated heterocycles. The quantitative estimate of drug-likeness (QED) is 0.774. The molecule has 1 aromatic carbocycles. The predicted octanol–water partition coefficient (Wildman–Crippen LogP) is 3.27. The first-order chi connectivity index (χ1) is 7.93. The molecule has 80 valence electrons. The summed E-state index contributed by atoms with van der Waals surface area (Å²) in [6.07, 6.45) is 0. The molecule has 0 N–H and O–H groups in total. The Morgan fingerprint density at radius 1 is 1.12 bits per heavy atom. The van der Waals surface area contributed by atoms with Crippen LogP contribution in [-0.4, -0.2) is 12.5 Å². The summed E-state index contributed by atoms with van der Waals surface area (Å²) in [6.45, 7) is 0.650. The number of aliphatic imine (C=N–C) groups is 1. The monoisotopic (exact) mass is 229 g/mol. The number of hydrogen-bond donors (Lipinski definition) is 0. The van der Waals surface area contributed by atoms with Gasteiger partial charge in [0.1, 0.15) is 12.6 Å². The highest BCUT2D eigenvalue weighted by Gasteiger charge is 2.21. The van der Waals surface area contributed by atoms with Crippen molar-refractivity contribution >= 4 is 17.2 Å². The summed E-state index contributed by atoms with van der Waals surface area (Å²) in [4.78, 5) is 5.72. The molecule has 0 unspecified atom stereocenters. The van der Waals surface area contributed by atoms with Crippen LogP contribution in [0.25, 0.3) is 0 Å². The second-order valence-corrected chi connectivity index (χ2v) is 4.60. The molecular formula is C13H11NOS. The van der Waals surface area contributed by atoms with Crippen LogP contribution in [0.2, 0.25) is 0 Å². The lowest BCUT2D eigenvalue weighted by Gasteiger charge is -2.03. The van der Waals surface area contributed by atoms with E-state index in [0.717, 1.165) is 10.8 Å². The van der Waals surface area contributed by atoms with Crippen molar-refractivity contribution in [3.63, 3.8) is 0 Å². The van der Waals surface area contributed by atoms with Crippen LogP contribution in [0.4, 0.5) is 0 Å². The van der Waals surface area contributed by atoms with E-state index < -0.39 is 0 Å². The Morgan fingerprint density at radius 2 is 2.00 bits per heavy atom. The molecule has 0 fully saturated rings. The van der Waals surface area contributed by atoms with Gasteiger partial charge in [0.05, 0.1) is 4.88 Å². The number of benzene rings is 1. The van der Waals surface area contributed by atoms with Gasteiger partial charge in [-0.1, -0.05) is 36.4 Å². The number of thiophene rings is 1. The van der Waals surface area contributed by atoms with Gasteiger partial charge in [0.15, 0.2) is 0 Å². The van der Waals surface area contributed by atoms with Gasteiger partial charge in [-0.05, 0) is 17.0 Å². The number of nitrogens with zero attached hydrogens (tertiary/aromatic N) is 1. The van der Waals surface area contributed by atoms with Gasteiger partial charge in [-0.3, -0.25) is 0 Å². The minimum Gasteiger partial charge on any atom is -0.474 e. The van der Waals surface area contributed by atoms with E-state index in [2.05, 4.69) is 17.1 Å². The molecule has 1 aliphatic rings. The fraction of sp³-hybridized carbons (Fsp3) is 0.154. The van der Waals surface area contributed by atoms with Crippen molar-refractivity contribution in [2.24, 2.45) is 4.99 Å². The SMILES string of the molecule is c1ccc([C@H]2COC(c3cccs3)=N2)cc1. The zero-order valence-corrected chi connectivity index (χ0v) is 9.48. The molecule has 3 rings (SSSR count). The minimum absolute atomic E-state index is 0.151. The lowest BCUT2D eigenvalue weighted by Crippen LogP contribution is -1.99. The van der Waals surface area contributed by atoms with Crippen molar-refractivity contribution in [2.75, 3.05) is 6.61 Å². The lowest BCUT2D eigenvalue weighted by atomic mass is 10.1. The van der Waals surface area contributed by atoms with Crippen LogP contribution in [0.1, 0.15) is 16.5 Å². The number of hydrogen-bond acceptors (Lipinski definition) is 3. The molecule has 0 spiro atoms. The molecule has 3 heteroatoms. The van der Waals surface area contributed by atoms with Gasteiger partial charge < -0.3 is 4.74 Å². The smallest absolute Gasteiger partial charge is 0.227 e. The molecule has 0 amide bonds. The molecule has 2 heterocycles. The minimum atomic E-state index is 0.151. The van der Waals surface area contributed by atoms with Crippen molar-refractivity contribution in [2.45, 2.75) is 6.04 Å². The Bertz CT molecular complexity index is 490. The molecule has 0 saturated carbocycles. The zero-order chi connectivity index (χ0) is 10.8. The van der Waals surface area contributed by atoms with Crippen molar-refractivity contribution in [1.29, 1.82) is 0 Å². The maximum atomic E-state index is 5.62. The molecule has 1 aliphatic heterocycles. The van der Waals surface area contributed by atoms with Gasteiger partial charge in [0.2, 0.25) is 5.90 Å². The molecule has 16 heavy (non-hydrogen) atoms. The first-order valence-corrected chi connectivity index (χ1v) is 6.11. The molecule has 0 radical (unpaired) electrons. The zero-order valence-electron chi connectivity index (χ0n) is 8.67. The molecule has 0 bridgehead atoms. The van der Waals surface area contributed by atoms with Gasteiger partial charge >= 0.3 is 0 Å². The van der Waals surface area contributed by atoms with E-state index in [9.17, 15) is 0 Å². The average molecular weight is 229 g/mol. The Labute approximate surface area is 98.2 Å². The summed E-state index contributed by atoms with van der Waals surface area (Å²) in [5.74, 6) is 0.781. The predicted molar refractivity (Wildman–Crippen MR) is 66.0 cm³/mol. The average Bonchev–Trinajstić information content (AvgIpc) is 3.01. The van der Waals surface area contributed by atoms with E-state index in [1.165, 1.54) is 5.56 Å². The second kappa shape index (κ2) is 4.10. The highest BCUT2D eigenvalue weighted by atomic mass is 32.1. The third kappa shape index (κ3) is 1.74. The van der Waals surface area contributed by atoms with Crippen LogP contribution >= 0.6 is 11.3 Å². The summed E-state index contributed by atoms with van der Waals surface area (Å²) in [6, 6.07) is 14.5. The van der Waals surface area contributed by atoms with E-state index in [1.807, 2.05) is 35.7 Å². The van der Waals surface area contributed by atoms with Crippen LogP contribution in [0.5, 0.6) is 0 Å². The normalized spacial score (nSPS) is 19.2. The number of rotatable bonds is 2. The van der Waals surface area contributed by atoms with E-state index in [-0.39, 0.29) is 6.04 Å². The number of ether oxygens (including phenoxy) is 1. The van der Waals surface area contributed by atoms with Gasteiger partial charge in [-0.2, -0.15) is 0 Å². The Balaban J connectivity index is 1.87. The summed E-state index contributed by atoms with van der Waals surface area (Å²) in [5.41, 5.74) is 1.22. The Kier molecular flexibility index (Phi) is 2.46. The third-order valence-electron chi connectivity index (χ3n) is 2.57. The first-order valence-electron chi connectivity index (χ1n) is 5.23. The van der Waals surface area contributed by atoms with Crippen molar-refractivity contribution < 1.29 is 4.74 Å². The molecule has 2 nitrogen and oxygen atoms in total. The molecule has 1 atom stereocenters. The van der Waals surface area contributed by atoms with Crippen LogP contribution in [0, 0.1) is 0 Å². The summed E-state index contributed by atoms with van der Waals surface area (Å²) >= 11 is 1.66. The topological polar surface area (TPSA) is 21.6 Å². The van der Waals surface area contributed by atoms with Gasteiger partial charge in [-0.25, -0.2) is 4.99 Å². The van der Waals surface area contributed by atoms with E-state index >= 15 is 0 Å². The van der Waals surface area contributed by atoms with Crippen LogP contribution in [0.15, 0.2) is 52.8 Å². The summed E-state index contributed by atoms with van der Waals surface area (Å²) in [7, 11) is 0. The first kappa shape index (κ1) is 9.60. The maximum absolute atomic E-state index is 5.62. The van der Waals surface area contributed by atoms with E-state index in [0.29, 0.717) is 6.61 Å². The van der Waals surface area contributed by atoms with Crippen molar-refractivity contribution in [3.8, 4) is 0 Å². The van der Waals surface area contributed by atoms with Crippen molar-refractivity contribution in [3.05, 3.63) is 58.3 Å². The highest BCUT2D eigenvalue weighted by Crippen LogP contribution is 2.26. The second-order valence-electron chi connectivity index (χ2n) is 3.65. The summed E-state index contributed by atoms with van der Waals surface area (Å²) < 4.78 is 5.62. The van der Waals surface area contributed by atoms with Crippen molar-refractivity contribution in [1.82, 2.24) is 0 Å². The maximum Gasteiger partial charge on any atom is 0.227 e. The molecule has 2 aromatic rings. The van der Waals surface area contributed by atoms with Crippen LogP contribution in [-0.2, 0) is 4.74 Å².